The zero-order valence-electron chi connectivity index (χ0n) is 15.7. The fourth-order valence-electron chi connectivity index (χ4n) is 1.99. The van der Waals surface area contributed by atoms with Crippen LogP contribution in [-0.2, 0) is 28.8 Å². The first kappa shape index (κ1) is 26.1. The number of carboxylic acids is 1. The number of primary amides is 2. The van der Waals surface area contributed by atoms with Crippen LogP contribution in [0.25, 0.3) is 0 Å². The maximum absolute atomic E-state index is 12.4. The smallest absolute Gasteiger partial charge is 0.325 e. The lowest BCUT2D eigenvalue weighted by molar-refractivity contribution is -0.142. The van der Waals surface area contributed by atoms with Crippen LogP contribution < -0.4 is 33.2 Å². The molecule has 10 N–H and O–H groups in total. The second-order valence-corrected chi connectivity index (χ2v) is 6.52. The van der Waals surface area contributed by atoms with Crippen LogP contribution in [0.15, 0.2) is 0 Å². The molecule has 5 amide bonds. The van der Waals surface area contributed by atoms with E-state index < -0.39 is 66.1 Å². The summed E-state index contributed by atoms with van der Waals surface area (Å²) in [4.78, 5) is 69.3. The summed E-state index contributed by atoms with van der Waals surface area (Å²) in [5, 5.41) is 15.6. The molecule has 29 heavy (non-hydrogen) atoms. The fraction of sp³-hybridized carbons (Fsp3) is 0.600. The summed E-state index contributed by atoms with van der Waals surface area (Å²) < 4.78 is 0. The molecule has 0 aliphatic heterocycles. The molecule has 0 aliphatic rings. The van der Waals surface area contributed by atoms with Gasteiger partial charge in [-0.05, 0) is 13.3 Å². The molecule has 0 heterocycles. The highest BCUT2D eigenvalue weighted by Gasteiger charge is 2.29. The fourth-order valence-corrected chi connectivity index (χ4v) is 2.24. The molecule has 0 spiro atoms. The molecule has 14 heteroatoms. The van der Waals surface area contributed by atoms with Crippen molar-refractivity contribution in [1.29, 1.82) is 0 Å². The average Bonchev–Trinajstić information content (AvgIpc) is 2.61. The predicted molar refractivity (Wildman–Crippen MR) is 103 cm³/mol. The molecule has 0 saturated carbocycles. The summed E-state index contributed by atoms with van der Waals surface area (Å²) in [6.45, 7) is 1.21. The molecule has 4 unspecified atom stereocenters. The number of thiol groups is 1. The molecule has 4 atom stereocenters. The van der Waals surface area contributed by atoms with E-state index >= 15 is 0 Å². The number of nitrogens with two attached hydrogens (primary N) is 3. The van der Waals surface area contributed by atoms with E-state index in [0.29, 0.717) is 0 Å². The molecular weight excluding hydrogens is 408 g/mol. The first-order chi connectivity index (χ1) is 13.4. The number of hydrogen-bond acceptors (Lipinski definition) is 8. The van der Waals surface area contributed by atoms with Crippen molar-refractivity contribution >= 4 is 48.1 Å². The minimum atomic E-state index is -1.30. The topological polar surface area (TPSA) is 237 Å². The van der Waals surface area contributed by atoms with Gasteiger partial charge in [-0.25, -0.2) is 0 Å². The zero-order chi connectivity index (χ0) is 22.7. The Labute approximate surface area is 171 Å². The molecular formula is C15H26N6O7S. The summed E-state index contributed by atoms with van der Waals surface area (Å²) in [6, 6.07) is -5.06. The Balaban J connectivity index is 5.15. The Morgan fingerprint density at radius 1 is 0.897 bits per heavy atom. The molecule has 0 fully saturated rings. The Morgan fingerprint density at radius 3 is 1.86 bits per heavy atom. The highest BCUT2D eigenvalue weighted by molar-refractivity contribution is 7.80. The van der Waals surface area contributed by atoms with Gasteiger partial charge in [-0.3, -0.25) is 28.8 Å². The van der Waals surface area contributed by atoms with E-state index in [2.05, 4.69) is 28.6 Å². The number of aliphatic carboxylic acids is 1. The molecule has 13 nitrogen and oxygen atoms in total. The van der Waals surface area contributed by atoms with Gasteiger partial charge in [-0.1, -0.05) is 0 Å². The standard InChI is InChI=1S/C15H26N6O7S/c1-6(15(27)28)19-13(25)8(2-3-10(17)22)20-14(26)9(5-29)21-12(24)7(16)4-11(18)23/h6-9,29H,2-5,16H2,1H3,(H2,17,22)(H2,18,23)(H,19,25)(H,20,26)(H,21,24)(H,27,28). The summed E-state index contributed by atoms with van der Waals surface area (Å²) in [5.74, 6) is -5.57. The Bertz CT molecular complexity index is 659. The second kappa shape index (κ2) is 12.6. The quantitative estimate of drug-likeness (QED) is 0.132. The number of carbonyl (C=O) groups excluding carboxylic acids is 5. The van der Waals surface area contributed by atoms with Gasteiger partial charge in [0.15, 0.2) is 0 Å². The van der Waals surface area contributed by atoms with Gasteiger partial charge in [0.05, 0.1) is 12.5 Å². The van der Waals surface area contributed by atoms with Crippen LogP contribution in [0.5, 0.6) is 0 Å². The van der Waals surface area contributed by atoms with Crippen molar-refractivity contribution in [2.24, 2.45) is 17.2 Å². The van der Waals surface area contributed by atoms with Gasteiger partial charge >= 0.3 is 5.97 Å². The largest absolute Gasteiger partial charge is 0.480 e. The van der Waals surface area contributed by atoms with Crippen molar-refractivity contribution in [1.82, 2.24) is 16.0 Å². The van der Waals surface area contributed by atoms with Crippen molar-refractivity contribution in [3.63, 3.8) is 0 Å². The van der Waals surface area contributed by atoms with Gasteiger partial charge in [0.1, 0.15) is 18.1 Å². The van der Waals surface area contributed by atoms with Crippen LogP contribution in [0, 0.1) is 0 Å². The molecule has 0 aromatic heterocycles. The van der Waals surface area contributed by atoms with E-state index in [0.717, 1.165) is 0 Å². The molecule has 0 rings (SSSR count). The molecule has 0 aromatic carbocycles. The van der Waals surface area contributed by atoms with Crippen LogP contribution in [0.2, 0.25) is 0 Å². The monoisotopic (exact) mass is 434 g/mol. The highest BCUT2D eigenvalue weighted by Crippen LogP contribution is 2.01. The first-order valence-corrected chi connectivity index (χ1v) is 9.09. The number of hydrogen-bond donors (Lipinski definition) is 8. The molecule has 0 aliphatic carbocycles. The number of rotatable bonds is 13. The third kappa shape index (κ3) is 10.3. The van der Waals surface area contributed by atoms with Crippen LogP contribution in [-0.4, -0.2) is 70.5 Å². The third-order valence-electron chi connectivity index (χ3n) is 3.62. The molecule has 0 aromatic rings. The Hall–Kier alpha value is -2.87. The first-order valence-electron chi connectivity index (χ1n) is 8.46. The van der Waals surface area contributed by atoms with E-state index in [1.807, 2.05) is 0 Å². The number of carbonyl (C=O) groups is 6. The third-order valence-corrected chi connectivity index (χ3v) is 3.98. The van der Waals surface area contributed by atoms with Crippen LogP contribution in [0.3, 0.4) is 0 Å². The zero-order valence-corrected chi connectivity index (χ0v) is 16.6. The van der Waals surface area contributed by atoms with Crippen molar-refractivity contribution < 1.29 is 33.9 Å². The van der Waals surface area contributed by atoms with E-state index in [-0.39, 0.29) is 18.6 Å². The van der Waals surface area contributed by atoms with Crippen molar-refractivity contribution in [3.05, 3.63) is 0 Å². The lowest BCUT2D eigenvalue weighted by Crippen LogP contribution is -2.57. The maximum Gasteiger partial charge on any atom is 0.325 e. The van der Waals surface area contributed by atoms with Gasteiger partial charge in [-0.15, -0.1) is 0 Å². The second-order valence-electron chi connectivity index (χ2n) is 6.16. The predicted octanol–water partition coefficient (Wildman–Crippen LogP) is -4.06. The lowest BCUT2D eigenvalue weighted by Gasteiger charge is -2.23. The SMILES string of the molecule is CC(NC(=O)C(CCC(N)=O)NC(=O)C(CS)NC(=O)C(N)CC(N)=O)C(=O)O. The van der Waals surface area contributed by atoms with Crippen molar-refractivity contribution in [2.75, 3.05) is 5.75 Å². The Morgan fingerprint density at radius 2 is 1.41 bits per heavy atom. The molecule has 0 bridgehead atoms. The van der Waals surface area contributed by atoms with Crippen molar-refractivity contribution in [2.45, 2.75) is 50.4 Å². The number of nitrogens with one attached hydrogen (secondary N) is 3. The van der Waals surface area contributed by atoms with Crippen molar-refractivity contribution in [3.8, 4) is 0 Å². The summed E-state index contributed by atoms with van der Waals surface area (Å²) in [7, 11) is 0. The van der Waals surface area contributed by atoms with E-state index in [1.54, 1.807) is 0 Å². The summed E-state index contributed by atoms with van der Waals surface area (Å²) >= 11 is 3.95. The lowest BCUT2D eigenvalue weighted by atomic mass is 10.1. The van der Waals surface area contributed by atoms with Crippen LogP contribution >= 0.6 is 12.6 Å². The van der Waals surface area contributed by atoms with Gasteiger partial charge < -0.3 is 38.3 Å². The maximum atomic E-state index is 12.4. The van der Waals surface area contributed by atoms with E-state index in [1.165, 1.54) is 6.92 Å². The summed E-state index contributed by atoms with van der Waals surface area (Å²) in [5.41, 5.74) is 15.5. The van der Waals surface area contributed by atoms with Gasteiger partial charge in [-0.2, -0.15) is 12.6 Å². The van der Waals surface area contributed by atoms with Gasteiger partial charge in [0, 0.05) is 12.2 Å². The molecule has 164 valence electrons. The number of carboxylic acid groups (broad SMARTS) is 1. The van der Waals surface area contributed by atoms with Gasteiger partial charge in [0.25, 0.3) is 0 Å². The minimum absolute atomic E-state index is 0.184. The summed E-state index contributed by atoms with van der Waals surface area (Å²) in [6.07, 6.45) is -0.904. The molecule has 0 saturated heterocycles. The minimum Gasteiger partial charge on any atom is -0.480 e. The molecule has 0 radical (unpaired) electrons. The van der Waals surface area contributed by atoms with Crippen LogP contribution in [0.1, 0.15) is 26.2 Å². The Kier molecular flexibility index (Phi) is 11.3. The van der Waals surface area contributed by atoms with Crippen LogP contribution in [0.4, 0.5) is 0 Å². The van der Waals surface area contributed by atoms with Gasteiger partial charge in [0.2, 0.25) is 29.5 Å². The average molecular weight is 434 g/mol. The number of amides is 5. The highest BCUT2D eigenvalue weighted by atomic mass is 32.1. The van der Waals surface area contributed by atoms with E-state index in [9.17, 15) is 28.8 Å². The van der Waals surface area contributed by atoms with E-state index in [4.69, 9.17) is 22.3 Å². The normalized spacial score (nSPS) is 14.6.